The highest BCUT2D eigenvalue weighted by atomic mass is 32.2. The standard InChI is InChI=1S/C31H43N2O10PSSi/c1-31(2,3)24(20-43-46(7)8)27-25(18-26(34)45-23-12-10-9-11-13-23)32(28(27)35)29(44(39-4,40-5)41-6)30(36)42-19-21-14-16-22(17-15-21)33(37)38/h9-17,24-25,27,46H,18-20H2,1-8H3/t24-,25-,27+/m1/s1. The first-order valence-corrected chi connectivity index (χ1v) is 19.9. The fraction of sp³-hybridized carbons (Fsp3) is 0.484. The third-order valence-electron chi connectivity index (χ3n) is 7.68. The molecule has 1 heterocycles. The Labute approximate surface area is 276 Å². The van der Waals surface area contributed by atoms with Gasteiger partial charge in [-0.05, 0) is 54.3 Å². The van der Waals surface area contributed by atoms with Crippen molar-refractivity contribution < 1.29 is 42.0 Å². The molecule has 3 rings (SSSR count). The van der Waals surface area contributed by atoms with Crippen LogP contribution in [0.2, 0.25) is 13.1 Å². The molecule has 12 nitrogen and oxygen atoms in total. The number of esters is 1. The first kappa shape index (κ1) is 37.6. The number of benzene rings is 2. The van der Waals surface area contributed by atoms with E-state index in [2.05, 4.69) is 0 Å². The van der Waals surface area contributed by atoms with Gasteiger partial charge in [0.15, 0.2) is 14.2 Å². The third-order valence-corrected chi connectivity index (χ3v) is 11.8. The van der Waals surface area contributed by atoms with Crippen LogP contribution < -0.4 is 0 Å². The van der Waals surface area contributed by atoms with Gasteiger partial charge < -0.3 is 22.7 Å². The van der Waals surface area contributed by atoms with Crippen LogP contribution in [-0.4, -0.2) is 75.3 Å². The Hall–Kier alpha value is -2.84. The van der Waals surface area contributed by atoms with Crippen LogP contribution in [0.15, 0.2) is 59.5 Å². The number of amides is 1. The molecule has 1 aliphatic rings. The van der Waals surface area contributed by atoms with Gasteiger partial charge in [-0.25, -0.2) is 4.79 Å². The van der Waals surface area contributed by atoms with Crippen molar-refractivity contribution in [2.24, 2.45) is 17.3 Å². The second-order valence-corrected chi connectivity index (χ2v) is 18.1. The molecular weight excluding hydrogens is 651 g/mol. The Balaban J connectivity index is 2.06. The number of hydrogen-bond acceptors (Lipinski definition) is 11. The highest BCUT2D eigenvalue weighted by Gasteiger charge is 2.58. The number of ether oxygens (including phenoxy) is 1. The van der Waals surface area contributed by atoms with Crippen molar-refractivity contribution >= 4 is 56.5 Å². The van der Waals surface area contributed by atoms with Gasteiger partial charge >= 0.3 is 5.97 Å². The van der Waals surface area contributed by atoms with Crippen LogP contribution in [0.25, 0.3) is 0 Å². The fourth-order valence-corrected chi connectivity index (χ4v) is 8.43. The van der Waals surface area contributed by atoms with Crippen LogP contribution in [-0.2, 0) is 43.7 Å². The van der Waals surface area contributed by atoms with E-state index in [1.165, 1.54) is 50.5 Å². The molecule has 1 saturated heterocycles. The maximum absolute atomic E-state index is 14.3. The van der Waals surface area contributed by atoms with Crippen molar-refractivity contribution in [3.8, 4) is 0 Å². The van der Waals surface area contributed by atoms with Crippen LogP contribution in [0, 0.1) is 27.4 Å². The maximum Gasteiger partial charge on any atom is 0.362 e. The molecule has 1 aliphatic heterocycles. The summed E-state index contributed by atoms with van der Waals surface area (Å²) in [6.07, 6.45) is -0.0715. The van der Waals surface area contributed by atoms with Crippen LogP contribution in [0.4, 0.5) is 5.69 Å². The van der Waals surface area contributed by atoms with Crippen LogP contribution in [0.5, 0.6) is 0 Å². The lowest BCUT2D eigenvalue weighted by molar-refractivity contribution is -0.384. The van der Waals surface area contributed by atoms with Crippen molar-refractivity contribution in [3.63, 3.8) is 0 Å². The summed E-state index contributed by atoms with van der Waals surface area (Å²) in [5, 5.41) is 10.9. The molecule has 15 heteroatoms. The molecule has 0 spiro atoms. The first-order valence-electron chi connectivity index (χ1n) is 14.7. The predicted octanol–water partition coefficient (Wildman–Crippen LogP) is 5.67. The summed E-state index contributed by atoms with van der Waals surface area (Å²) < 4.78 is 28.8. The molecule has 0 aromatic heterocycles. The van der Waals surface area contributed by atoms with E-state index >= 15 is 0 Å². The fourth-order valence-electron chi connectivity index (χ4n) is 5.26. The lowest BCUT2D eigenvalue weighted by Gasteiger charge is -2.53. The van der Waals surface area contributed by atoms with E-state index in [-0.39, 0.29) is 40.6 Å². The number of nitrogens with zero attached hydrogens (tertiary/aromatic N) is 2. The zero-order valence-electron chi connectivity index (χ0n) is 27.5. The van der Waals surface area contributed by atoms with E-state index < -0.39 is 45.4 Å². The third kappa shape index (κ3) is 8.94. The summed E-state index contributed by atoms with van der Waals surface area (Å²) in [5.41, 5.74) is -0.273. The van der Waals surface area contributed by atoms with Gasteiger partial charge in [0.05, 0.1) is 16.9 Å². The molecular formula is C31H43N2O10PSSi. The van der Waals surface area contributed by atoms with Crippen molar-refractivity contribution in [2.45, 2.75) is 57.8 Å². The zero-order chi connectivity index (χ0) is 34.2. The van der Waals surface area contributed by atoms with Gasteiger partial charge in [0.1, 0.15) is 6.61 Å². The Kier molecular flexibility index (Phi) is 13.3. The monoisotopic (exact) mass is 694 g/mol. The number of thioether (sulfide) groups is 1. The smallest absolute Gasteiger partial charge is 0.362 e. The van der Waals surface area contributed by atoms with E-state index in [4.69, 9.17) is 22.7 Å². The van der Waals surface area contributed by atoms with Gasteiger partial charge in [-0.2, -0.15) is 0 Å². The minimum absolute atomic E-state index is 0.0715. The Bertz CT molecular complexity index is 1430. The van der Waals surface area contributed by atoms with E-state index in [9.17, 15) is 24.5 Å². The SMILES string of the molecule is COP(OC)(OC)=C(C(=O)OCc1ccc([N+](=O)[O-])cc1)N1C(=O)[C@@H]([C@@H](CO[SiH](C)C)C(C)(C)C)[C@H]1CC(=O)Sc1ccccc1. The Morgan fingerprint density at radius 1 is 1.02 bits per heavy atom. The first-order chi connectivity index (χ1) is 21.7. The van der Waals surface area contributed by atoms with Crippen molar-refractivity contribution in [2.75, 3.05) is 27.9 Å². The van der Waals surface area contributed by atoms with Crippen molar-refractivity contribution in [1.29, 1.82) is 0 Å². The number of carbonyl (C=O) groups is 3. The van der Waals surface area contributed by atoms with E-state index in [1.54, 1.807) is 0 Å². The van der Waals surface area contributed by atoms with Gasteiger partial charge in [0.2, 0.25) is 11.3 Å². The molecule has 0 saturated carbocycles. The van der Waals surface area contributed by atoms with Crippen LogP contribution in [0.1, 0.15) is 32.8 Å². The number of non-ortho nitro benzene ring substituents is 1. The van der Waals surface area contributed by atoms with Crippen LogP contribution >= 0.6 is 19.3 Å². The number of rotatable bonds is 15. The Morgan fingerprint density at radius 2 is 1.61 bits per heavy atom. The highest BCUT2D eigenvalue weighted by Crippen LogP contribution is 2.54. The molecule has 1 fully saturated rings. The topological polar surface area (TPSA) is 144 Å². The average Bonchev–Trinajstić information content (AvgIpc) is 3.01. The lowest BCUT2D eigenvalue weighted by Crippen LogP contribution is -2.68. The normalized spacial score (nSPS) is 17.4. The summed E-state index contributed by atoms with van der Waals surface area (Å²) in [7, 11) is -1.21. The summed E-state index contributed by atoms with van der Waals surface area (Å²) in [4.78, 5) is 54.3. The minimum atomic E-state index is -3.67. The summed E-state index contributed by atoms with van der Waals surface area (Å²) in [5.74, 6) is -2.26. The van der Waals surface area contributed by atoms with E-state index in [0.29, 0.717) is 12.2 Å². The number of likely N-dealkylation sites (tertiary alicyclic amines) is 1. The quantitative estimate of drug-likeness (QED) is 0.0433. The highest BCUT2D eigenvalue weighted by molar-refractivity contribution is 8.13. The van der Waals surface area contributed by atoms with Crippen molar-refractivity contribution in [3.05, 3.63) is 70.3 Å². The Morgan fingerprint density at radius 3 is 2.11 bits per heavy atom. The molecule has 46 heavy (non-hydrogen) atoms. The minimum Gasteiger partial charge on any atom is -0.456 e. The summed E-state index contributed by atoms with van der Waals surface area (Å²) >= 11 is 1.06. The number of β-lactam (4-membered cyclic amide) rings is 1. The summed E-state index contributed by atoms with van der Waals surface area (Å²) in [6, 6.07) is 14.0. The molecule has 0 bridgehead atoms. The number of nitro benzene ring substituents is 1. The van der Waals surface area contributed by atoms with Gasteiger partial charge in [-0.15, -0.1) is 0 Å². The molecule has 2 aromatic rings. The lowest BCUT2D eigenvalue weighted by atomic mass is 9.66. The van der Waals surface area contributed by atoms with Crippen molar-refractivity contribution in [1.82, 2.24) is 4.90 Å². The molecule has 2 aromatic carbocycles. The number of carbonyl (C=O) groups excluding carboxylic acids is 3. The van der Waals surface area contributed by atoms with E-state index in [1.807, 2.05) is 64.2 Å². The van der Waals surface area contributed by atoms with Gasteiger partial charge in [-0.3, -0.25) is 24.6 Å². The second-order valence-electron chi connectivity index (χ2n) is 12.0. The van der Waals surface area contributed by atoms with Crippen LogP contribution in [0.3, 0.4) is 0 Å². The molecule has 0 unspecified atom stereocenters. The molecule has 0 aliphatic carbocycles. The van der Waals surface area contributed by atoms with Gasteiger partial charge in [-0.1, -0.05) is 50.7 Å². The van der Waals surface area contributed by atoms with E-state index in [0.717, 1.165) is 16.7 Å². The second kappa shape index (κ2) is 16.3. The largest absolute Gasteiger partial charge is 0.456 e. The van der Waals surface area contributed by atoms with Gasteiger partial charge in [0, 0.05) is 51.4 Å². The predicted molar refractivity (Wildman–Crippen MR) is 180 cm³/mol. The average molecular weight is 695 g/mol. The zero-order valence-corrected chi connectivity index (χ0v) is 30.3. The molecule has 0 radical (unpaired) electrons. The number of hydrogen-bond donors (Lipinski definition) is 0. The summed E-state index contributed by atoms with van der Waals surface area (Å²) in [6.45, 7) is 10.2. The molecule has 3 atom stereocenters. The molecule has 252 valence electrons. The molecule has 0 N–H and O–H groups in total. The number of nitro groups is 1. The van der Waals surface area contributed by atoms with Gasteiger partial charge in [0.25, 0.3) is 13.3 Å². The molecule has 1 amide bonds. The maximum atomic E-state index is 14.3.